The standard InChI is InChI=1S/C22H25F3N2O2.2ClH/c1-28-19-11-16-13-29-21(22(23,24)25)17(16)10-15(19)12-27-18-8-5-9-26-20(18)14-6-3-2-4-7-14;;/h2-4,6-7,10-11,18,20-21,26-27H,5,8-9,12-13H2,1H3;2*1H/t18-,20-,21?;;/m0../s1. The summed E-state index contributed by atoms with van der Waals surface area (Å²) >= 11 is 0. The van der Waals surface area contributed by atoms with Crippen LogP contribution in [0.5, 0.6) is 5.75 Å². The Labute approximate surface area is 192 Å². The van der Waals surface area contributed by atoms with Gasteiger partial charge in [-0.05, 0) is 48.2 Å². The second kappa shape index (κ2) is 10.9. The van der Waals surface area contributed by atoms with E-state index < -0.39 is 12.3 Å². The second-order valence-corrected chi connectivity index (χ2v) is 7.57. The van der Waals surface area contributed by atoms with Crippen molar-refractivity contribution < 1.29 is 22.6 Å². The van der Waals surface area contributed by atoms with Crippen LogP contribution in [0.4, 0.5) is 13.2 Å². The summed E-state index contributed by atoms with van der Waals surface area (Å²) in [7, 11) is 1.54. The van der Waals surface area contributed by atoms with Gasteiger partial charge in [0.05, 0.1) is 13.7 Å². The molecule has 172 valence electrons. The highest BCUT2D eigenvalue weighted by molar-refractivity contribution is 5.85. The predicted octanol–water partition coefficient (Wildman–Crippen LogP) is 5.26. The average Bonchev–Trinajstić information content (AvgIpc) is 3.15. The van der Waals surface area contributed by atoms with E-state index in [4.69, 9.17) is 9.47 Å². The van der Waals surface area contributed by atoms with Crippen LogP contribution in [0.2, 0.25) is 0 Å². The molecule has 2 heterocycles. The highest BCUT2D eigenvalue weighted by Gasteiger charge is 2.46. The molecule has 2 aliphatic heterocycles. The molecular formula is C22H27Cl2F3N2O2. The second-order valence-electron chi connectivity index (χ2n) is 7.57. The molecule has 2 aromatic carbocycles. The molecule has 0 aromatic heterocycles. The van der Waals surface area contributed by atoms with E-state index in [1.807, 2.05) is 18.2 Å². The molecule has 31 heavy (non-hydrogen) atoms. The van der Waals surface area contributed by atoms with Gasteiger partial charge in [-0.3, -0.25) is 0 Å². The zero-order chi connectivity index (χ0) is 20.4. The first-order valence-corrected chi connectivity index (χ1v) is 9.87. The largest absolute Gasteiger partial charge is 0.496 e. The Morgan fingerprint density at radius 1 is 1.16 bits per heavy atom. The molecule has 3 atom stereocenters. The number of methoxy groups -OCH3 is 1. The third-order valence-electron chi connectivity index (χ3n) is 5.70. The first kappa shape index (κ1) is 25.7. The van der Waals surface area contributed by atoms with E-state index in [0.717, 1.165) is 19.4 Å². The summed E-state index contributed by atoms with van der Waals surface area (Å²) in [6, 6.07) is 13.8. The van der Waals surface area contributed by atoms with Gasteiger partial charge in [-0.25, -0.2) is 0 Å². The van der Waals surface area contributed by atoms with Gasteiger partial charge >= 0.3 is 6.18 Å². The number of hydrogen-bond donors (Lipinski definition) is 2. The number of hydrogen-bond acceptors (Lipinski definition) is 4. The van der Waals surface area contributed by atoms with E-state index in [2.05, 4.69) is 22.8 Å². The topological polar surface area (TPSA) is 42.5 Å². The van der Waals surface area contributed by atoms with Crippen molar-refractivity contribution in [2.75, 3.05) is 13.7 Å². The first-order valence-electron chi connectivity index (χ1n) is 9.87. The Morgan fingerprint density at radius 2 is 1.90 bits per heavy atom. The quantitative estimate of drug-likeness (QED) is 0.615. The number of alkyl halides is 3. The zero-order valence-electron chi connectivity index (χ0n) is 17.1. The summed E-state index contributed by atoms with van der Waals surface area (Å²) in [5, 5.41) is 7.10. The van der Waals surface area contributed by atoms with Gasteiger partial charge in [0.25, 0.3) is 0 Å². The molecule has 2 aliphatic rings. The van der Waals surface area contributed by atoms with Crippen LogP contribution in [0.25, 0.3) is 0 Å². The van der Waals surface area contributed by atoms with Crippen molar-refractivity contribution in [1.82, 2.24) is 10.6 Å². The SMILES string of the molecule is COc1cc2c(cc1CN[C@H]1CCCN[C@H]1c1ccccc1)C(C(F)(F)F)OC2.Cl.Cl. The monoisotopic (exact) mass is 478 g/mol. The van der Waals surface area contributed by atoms with Crippen LogP contribution in [0.15, 0.2) is 42.5 Å². The van der Waals surface area contributed by atoms with E-state index in [0.29, 0.717) is 23.4 Å². The van der Waals surface area contributed by atoms with E-state index in [1.54, 1.807) is 12.1 Å². The van der Waals surface area contributed by atoms with Crippen LogP contribution >= 0.6 is 24.8 Å². The molecule has 2 N–H and O–H groups in total. The Bertz CT molecular complexity index is 853. The molecule has 9 heteroatoms. The third kappa shape index (κ3) is 5.65. The average molecular weight is 479 g/mol. The van der Waals surface area contributed by atoms with Crippen molar-refractivity contribution in [3.63, 3.8) is 0 Å². The summed E-state index contributed by atoms with van der Waals surface area (Å²) in [6.07, 6.45) is -4.24. The van der Waals surface area contributed by atoms with Gasteiger partial charge in [0.15, 0.2) is 6.10 Å². The van der Waals surface area contributed by atoms with Crippen molar-refractivity contribution in [3.8, 4) is 5.75 Å². The molecular weight excluding hydrogens is 452 g/mol. The maximum absolute atomic E-state index is 13.3. The number of benzene rings is 2. The fraction of sp³-hybridized carbons (Fsp3) is 0.455. The molecule has 1 unspecified atom stereocenters. The van der Waals surface area contributed by atoms with Gasteiger partial charge < -0.3 is 20.1 Å². The lowest BCUT2D eigenvalue weighted by Gasteiger charge is -2.34. The molecule has 1 fully saturated rings. The van der Waals surface area contributed by atoms with Crippen LogP contribution in [0.1, 0.15) is 47.2 Å². The Balaban J connectivity index is 0.00000171. The fourth-order valence-corrected chi connectivity index (χ4v) is 4.28. The van der Waals surface area contributed by atoms with Gasteiger partial charge in [0.1, 0.15) is 5.75 Å². The highest BCUT2D eigenvalue weighted by atomic mass is 35.5. The molecule has 0 aliphatic carbocycles. The molecule has 2 aromatic rings. The number of rotatable bonds is 5. The summed E-state index contributed by atoms with van der Waals surface area (Å²) in [5.41, 5.74) is 2.64. The molecule has 1 saturated heterocycles. The third-order valence-corrected chi connectivity index (χ3v) is 5.70. The minimum atomic E-state index is -4.42. The van der Waals surface area contributed by atoms with Crippen LogP contribution in [-0.2, 0) is 17.9 Å². The van der Waals surface area contributed by atoms with Gasteiger partial charge in [-0.15, -0.1) is 24.8 Å². The summed E-state index contributed by atoms with van der Waals surface area (Å²) < 4.78 is 50.3. The van der Waals surface area contributed by atoms with E-state index >= 15 is 0 Å². The number of ether oxygens (including phenoxy) is 2. The minimum Gasteiger partial charge on any atom is -0.496 e. The van der Waals surface area contributed by atoms with Crippen molar-refractivity contribution in [2.24, 2.45) is 0 Å². The van der Waals surface area contributed by atoms with Crippen molar-refractivity contribution in [3.05, 3.63) is 64.7 Å². The van der Waals surface area contributed by atoms with E-state index in [9.17, 15) is 13.2 Å². The molecule has 4 rings (SSSR count). The minimum absolute atomic E-state index is 0. The van der Waals surface area contributed by atoms with Crippen LogP contribution in [0, 0.1) is 0 Å². The van der Waals surface area contributed by atoms with Crippen molar-refractivity contribution in [2.45, 2.75) is 50.4 Å². The molecule has 0 spiro atoms. The maximum Gasteiger partial charge on any atom is 0.418 e. The van der Waals surface area contributed by atoms with E-state index in [1.165, 1.54) is 12.7 Å². The van der Waals surface area contributed by atoms with Crippen molar-refractivity contribution in [1.29, 1.82) is 0 Å². The van der Waals surface area contributed by atoms with Crippen LogP contribution in [-0.4, -0.2) is 25.9 Å². The molecule has 0 radical (unpaired) electrons. The van der Waals surface area contributed by atoms with Gasteiger partial charge in [-0.1, -0.05) is 30.3 Å². The molecule has 0 bridgehead atoms. The Kier molecular flexibility index (Phi) is 9.03. The molecule has 0 saturated carbocycles. The van der Waals surface area contributed by atoms with Gasteiger partial charge in [0.2, 0.25) is 0 Å². The normalized spacial score (nSPS) is 22.8. The summed E-state index contributed by atoms with van der Waals surface area (Å²) in [4.78, 5) is 0. The van der Waals surface area contributed by atoms with Crippen LogP contribution < -0.4 is 15.4 Å². The smallest absolute Gasteiger partial charge is 0.418 e. The van der Waals surface area contributed by atoms with Crippen LogP contribution in [0.3, 0.4) is 0 Å². The zero-order valence-corrected chi connectivity index (χ0v) is 18.7. The highest BCUT2D eigenvalue weighted by Crippen LogP contribution is 2.44. The lowest BCUT2D eigenvalue weighted by atomic mass is 9.92. The van der Waals surface area contributed by atoms with Crippen molar-refractivity contribution >= 4 is 24.8 Å². The number of halogens is 5. The van der Waals surface area contributed by atoms with E-state index in [-0.39, 0.29) is 49.1 Å². The summed E-state index contributed by atoms with van der Waals surface area (Å²) in [6.45, 7) is 1.33. The Morgan fingerprint density at radius 3 is 2.58 bits per heavy atom. The lowest BCUT2D eigenvalue weighted by Crippen LogP contribution is -2.45. The van der Waals surface area contributed by atoms with Gasteiger partial charge in [0, 0.05) is 24.2 Å². The van der Waals surface area contributed by atoms with Gasteiger partial charge in [-0.2, -0.15) is 13.2 Å². The Hall–Kier alpha value is -1.51. The molecule has 4 nitrogen and oxygen atoms in total. The fourth-order valence-electron chi connectivity index (χ4n) is 4.28. The lowest BCUT2D eigenvalue weighted by molar-refractivity contribution is -0.219. The number of fused-ring (bicyclic) bond motifs is 1. The number of nitrogens with one attached hydrogen (secondary N) is 2. The summed E-state index contributed by atoms with van der Waals surface area (Å²) in [5.74, 6) is 0.586. The first-order chi connectivity index (χ1) is 14.0. The maximum atomic E-state index is 13.3. The number of piperidine rings is 1. The molecule has 0 amide bonds. The predicted molar refractivity (Wildman–Crippen MR) is 118 cm³/mol.